The highest BCUT2D eigenvalue weighted by molar-refractivity contribution is 5.92. The van der Waals surface area contributed by atoms with Crippen LogP contribution >= 0.6 is 0 Å². The van der Waals surface area contributed by atoms with Crippen LogP contribution < -0.4 is 0 Å². The number of nitrogens with zero attached hydrogens (tertiary/aromatic N) is 3. The number of aliphatic hydroxyl groups excluding tert-OH is 1. The molecule has 114 valence electrons. The van der Waals surface area contributed by atoms with Gasteiger partial charge in [-0.1, -0.05) is 12.1 Å². The summed E-state index contributed by atoms with van der Waals surface area (Å²) in [4.78, 5) is 17.9. The van der Waals surface area contributed by atoms with Crippen molar-refractivity contribution >= 4 is 12.0 Å². The molecule has 1 aromatic heterocycles. The summed E-state index contributed by atoms with van der Waals surface area (Å²) in [6.07, 6.45) is 9.69. The van der Waals surface area contributed by atoms with E-state index in [0.717, 1.165) is 24.2 Å². The molecule has 2 aromatic rings. The maximum atomic E-state index is 12.1. The fourth-order valence-electron chi connectivity index (χ4n) is 2.62. The minimum absolute atomic E-state index is 0.00892. The molecule has 0 spiro atoms. The van der Waals surface area contributed by atoms with E-state index in [9.17, 15) is 4.79 Å². The van der Waals surface area contributed by atoms with Crippen LogP contribution in [0, 0.1) is 5.92 Å². The quantitative estimate of drug-likeness (QED) is 0.874. The minimum atomic E-state index is 0.00892. The van der Waals surface area contributed by atoms with Gasteiger partial charge in [0, 0.05) is 49.8 Å². The first-order chi connectivity index (χ1) is 10.8. The molecule has 3 rings (SSSR count). The first kappa shape index (κ1) is 14.5. The van der Waals surface area contributed by atoms with Crippen LogP contribution in [0.15, 0.2) is 49.1 Å². The monoisotopic (exact) mass is 297 g/mol. The third-order valence-corrected chi connectivity index (χ3v) is 3.97. The Balaban J connectivity index is 1.62. The molecule has 0 saturated carbocycles. The SMILES string of the molecule is O=C(/C=C/c1ccc(-n2ccnc2)cc1)N1CCC(CO)C1. The van der Waals surface area contributed by atoms with Gasteiger partial charge in [-0.15, -0.1) is 0 Å². The second kappa shape index (κ2) is 6.58. The second-order valence-corrected chi connectivity index (χ2v) is 5.52. The van der Waals surface area contributed by atoms with Crippen molar-refractivity contribution in [3.05, 3.63) is 54.6 Å². The van der Waals surface area contributed by atoms with Gasteiger partial charge in [0.05, 0.1) is 6.33 Å². The van der Waals surface area contributed by atoms with Gasteiger partial charge >= 0.3 is 0 Å². The molecular weight excluding hydrogens is 278 g/mol. The highest BCUT2D eigenvalue weighted by Gasteiger charge is 2.23. The molecule has 0 bridgehead atoms. The molecule has 2 heterocycles. The highest BCUT2D eigenvalue weighted by Crippen LogP contribution is 2.16. The fraction of sp³-hybridized carbons (Fsp3) is 0.294. The van der Waals surface area contributed by atoms with E-state index in [-0.39, 0.29) is 18.4 Å². The molecule has 1 aliphatic rings. The van der Waals surface area contributed by atoms with Crippen LogP contribution in [0.2, 0.25) is 0 Å². The maximum Gasteiger partial charge on any atom is 0.246 e. The fourth-order valence-corrected chi connectivity index (χ4v) is 2.62. The van der Waals surface area contributed by atoms with E-state index in [1.165, 1.54) is 0 Å². The van der Waals surface area contributed by atoms with Crippen molar-refractivity contribution in [3.63, 3.8) is 0 Å². The molecule has 1 aliphatic heterocycles. The van der Waals surface area contributed by atoms with Gasteiger partial charge in [0.2, 0.25) is 5.91 Å². The van der Waals surface area contributed by atoms with E-state index >= 15 is 0 Å². The Labute approximate surface area is 129 Å². The molecule has 1 saturated heterocycles. The van der Waals surface area contributed by atoms with Crippen LogP contribution in [0.25, 0.3) is 11.8 Å². The molecule has 5 heteroatoms. The van der Waals surface area contributed by atoms with Crippen molar-refractivity contribution in [3.8, 4) is 5.69 Å². The van der Waals surface area contributed by atoms with Crippen molar-refractivity contribution in [2.75, 3.05) is 19.7 Å². The Morgan fingerprint density at radius 3 is 2.82 bits per heavy atom. The van der Waals surface area contributed by atoms with Gasteiger partial charge in [-0.05, 0) is 30.2 Å². The van der Waals surface area contributed by atoms with E-state index < -0.39 is 0 Å². The number of imidazole rings is 1. The summed E-state index contributed by atoms with van der Waals surface area (Å²) in [7, 11) is 0. The Morgan fingerprint density at radius 1 is 1.36 bits per heavy atom. The van der Waals surface area contributed by atoms with Crippen LogP contribution in [-0.2, 0) is 4.79 Å². The smallest absolute Gasteiger partial charge is 0.246 e. The topological polar surface area (TPSA) is 58.4 Å². The average molecular weight is 297 g/mol. The van der Waals surface area contributed by atoms with E-state index in [4.69, 9.17) is 5.11 Å². The zero-order valence-electron chi connectivity index (χ0n) is 12.3. The summed E-state index contributed by atoms with van der Waals surface area (Å²) in [5, 5.41) is 9.12. The Bertz CT molecular complexity index is 647. The van der Waals surface area contributed by atoms with Crippen molar-refractivity contribution in [1.29, 1.82) is 0 Å². The van der Waals surface area contributed by atoms with Crippen molar-refractivity contribution in [2.45, 2.75) is 6.42 Å². The van der Waals surface area contributed by atoms with E-state index in [2.05, 4.69) is 4.98 Å². The zero-order chi connectivity index (χ0) is 15.4. The molecule has 1 atom stereocenters. The number of likely N-dealkylation sites (tertiary alicyclic amines) is 1. The van der Waals surface area contributed by atoms with E-state index in [1.807, 2.05) is 41.1 Å². The second-order valence-electron chi connectivity index (χ2n) is 5.52. The number of carbonyl (C=O) groups excluding carboxylic acids is 1. The molecule has 1 fully saturated rings. The number of aliphatic hydroxyl groups is 1. The van der Waals surface area contributed by atoms with E-state index in [1.54, 1.807) is 23.5 Å². The number of benzene rings is 1. The summed E-state index contributed by atoms with van der Waals surface area (Å²) >= 11 is 0. The summed E-state index contributed by atoms with van der Waals surface area (Å²) in [6.45, 7) is 1.54. The van der Waals surface area contributed by atoms with Gasteiger partial charge < -0.3 is 14.6 Å². The molecule has 1 unspecified atom stereocenters. The lowest BCUT2D eigenvalue weighted by atomic mass is 10.1. The van der Waals surface area contributed by atoms with Crippen LogP contribution in [0.4, 0.5) is 0 Å². The standard InChI is InChI=1S/C17H19N3O2/c21-12-15-7-9-19(11-15)17(22)6-3-14-1-4-16(5-2-14)20-10-8-18-13-20/h1-6,8,10,13,15,21H,7,9,11-12H2/b6-3+. The van der Waals surface area contributed by atoms with Gasteiger partial charge in [-0.25, -0.2) is 4.98 Å². The van der Waals surface area contributed by atoms with Gasteiger partial charge in [-0.3, -0.25) is 4.79 Å². The largest absolute Gasteiger partial charge is 0.396 e. The lowest BCUT2D eigenvalue weighted by Gasteiger charge is -2.13. The summed E-state index contributed by atoms with van der Waals surface area (Å²) < 4.78 is 1.93. The first-order valence-electron chi connectivity index (χ1n) is 7.42. The van der Waals surface area contributed by atoms with Crippen LogP contribution in [0.1, 0.15) is 12.0 Å². The molecule has 1 aromatic carbocycles. The van der Waals surface area contributed by atoms with Gasteiger partial charge in [-0.2, -0.15) is 0 Å². The Morgan fingerprint density at radius 2 is 2.18 bits per heavy atom. The van der Waals surface area contributed by atoms with Crippen molar-refractivity contribution in [2.24, 2.45) is 5.92 Å². The number of amides is 1. The van der Waals surface area contributed by atoms with Gasteiger partial charge in [0.15, 0.2) is 0 Å². The summed E-state index contributed by atoms with van der Waals surface area (Å²) in [5.74, 6) is 0.237. The molecule has 1 N–H and O–H groups in total. The molecule has 0 radical (unpaired) electrons. The van der Waals surface area contributed by atoms with E-state index in [0.29, 0.717) is 6.54 Å². The lowest BCUT2D eigenvalue weighted by molar-refractivity contribution is -0.125. The van der Waals surface area contributed by atoms with Crippen molar-refractivity contribution < 1.29 is 9.90 Å². The first-order valence-corrected chi connectivity index (χ1v) is 7.42. The number of hydrogen-bond acceptors (Lipinski definition) is 3. The zero-order valence-corrected chi connectivity index (χ0v) is 12.3. The Kier molecular flexibility index (Phi) is 4.34. The number of carbonyl (C=O) groups is 1. The number of rotatable bonds is 4. The Hall–Kier alpha value is -2.40. The lowest BCUT2D eigenvalue weighted by Crippen LogP contribution is -2.27. The highest BCUT2D eigenvalue weighted by atomic mass is 16.3. The summed E-state index contributed by atoms with van der Waals surface area (Å²) in [6, 6.07) is 7.92. The normalized spacial score (nSPS) is 18.2. The molecule has 22 heavy (non-hydrogen) atoms. The van der Waals surface area contributed by atoms with Crippen LogP contribution in [0.3, 0.4) is 0 Å². The molecule has 1 amide bonds. The average Bonchev–Trinajstić information content (AvgIpc) is 3.24. The number of aromatic nitrogens is 2. The predicted molar refractivity (Wildman–Crippen MR) is 84.4 cm³/mol. The number of hydrogen-bond donors (Lipinski definition) is 1. The van der Waals surface area contributed by atoms with Gasteiger partial charge in [0.1, 0.15) is 0 Å². The third-order valence-electron chi connectivity index (χ3n) is 3.97. The summed E-state index contributed by atoms with van der Waals surface area (Å²) in [5.41, 5.74) is 2.02. The molecular formula is C17H19N3O2. The van der Waals surface area contributed by atoms with Crippen molar-refractivity contribution in [1.82, 2.24) is 14.5 Å². The maximum absolute atomic E-state index is 12.1. The molecule has 0 aliphatic carbocycles. The van der Waals surface area contributed by atoms with Crippen LogP contribution in [-0.4, -0.2) is 45.2 Å². The third kappa shape index (κ3) is 3.26. The predicted octanol–water partition coefficient (Wildman–Crippen LogP) is 1.73. The molecule has 5 nitrogen and oxygen atoms in total. The van der Waals surface area contributed by atoms with Gasteiger partial charge in [0.25, 0.3) is 0 Å². The van der Waals surface area contributed by atoms with Crippen LogP contribution in [0.5, 0.6) is 0 Å². The minimum Gasteiger partial charge on any atom is -0.396 e.